The van der Waals surface area contributed by atoms with Gasteiger partial charge in [0.15, 0.2) is 5.75 Å². The van der Waals surface area contributed by atoms with E-state index < -0.39 is 18.0 Å². The summed E-state index contributed by atoms with van der Waals surface area (Å²) in [4.78, 5) is 17.9. The number of halogens is 1. The standard InChI is InChI=1S/C21H19FN4O2/c22-15-6-4-7-16(12-15)25-21(27)24-13-14-5-3-8-17(11-14)26-20(23)18-9-1-2-10-19(18)28-26/h1-12,20H,13,23H2,(H2,24,25,27). The van der Waals surface area contributed by atoms with E-state index in [1.165, 1.54) is 18.2 Å². The van der Waals surface area contributed by atoms with E-state index in [-0.39, 0.29) is 0 Å². The number of para-hydroxylation sites is 1. The summed E-state index contributed by atoms with van der Waals surface area (Å²) >= 11 is 0. The van der Waals surface area contributed by atoms with Crippen LogP contribution in [0.5, 0.6) is 5.75 Å². The first-order chi connectivity index (χ1) is 13.6. The highest BCUT2D eigenvalue weighted by atomic mass is 19.1. The largest absolute Gasteiger partial charge is 0.377 e. The van der Waals surface area contributed by atoms with Gasteiger partial charge in [0.05, 0.1) is 5.69 Å². The number of fused-ring (bicyclic) bond motifs is 1. The molecule has 28 heavy (non-hydrogen) atoms. The van der Waals surface area contributed by atoms with Crippen LogP contribution >= 0.6 is 0 Å². The van der Waals surface area contributed by atoms with Crippen molar-refractivity contribution in [2.45, 2.75) is 12.7 Å². The fourth-order valence-electron chi connectivity index (χ4n) is 3.04. The monoisotopic (exact) mass is 378 g/mol. The summed E-state index contributed by atoms with van der Waals surface area (Å²) in [5, 5.41) is 6.99. The molecule has 0 spiro atoms. The lowest BCUT2D eigenvalue weighted by Gasteiger charge is -2.22. The lowest BCUT2D eigenvalue weighted by molar-refractivity contribution is 0.251. The Balaban J connectivity index is 1.40. The van der Waals surface area contributed by atoms with E-state index in [1.54, 1.807) is 11.1 Å². The Labute approximate surface area is 161 Å². The highest BCUT2D eigenvalue weighted by molar-refractivity contribution is 5.89. The summed E-state index contributed by atoms with van der Waals surface area (Å²) in [6, 6.07) is 20.5. The number of hydroxylamine groups is 1. The Bertz CT molecular complexity index is 1010. The number of amides is 2. The smallest absolute Gasteiger partial charge is 0.319 e. The summed E-state index contributed by atoms with van der Waals surface area (Å²) < 4.78 is 13.2. The molecule has 0 aromatic heterocycles. The number of nitrogens with two attached hydrogens (primary N) is 1. The fraction of sp³-hybridized carbons (Fsp3) is 0.0952. The van der Waals surface area contributed by atoms with Gasteiger partial charge in [0.1, 0.15) is 12.0 Å². The maximum absolute atomic E-state index is 13.2. The molecule has 6 nitrogen and oxygen atoms in total. The van der Waals surface area contributed by atoms with Gasteiger partial charge in [-0.1, -0.05) is 36.4 Å². The molecule has 4 N–H and O–H groups in total. The predicted octanol–water partition coefficient (Wildman–Crippen LogP) is 3.92. The summed E-state index contributed by atoms with van der Waals surface area (Å²) in [5.74, 6) is 0.321. The van der Waals surface area contributed by atoms with Crippen molar-refractivity contribution in [2.24, 2.45) is 5.73 Å². The van der Waals surface area contributed by atoms with Gasteiger partial charge in [-0.2, -0.15) is 5.06 Å². The number of rotatable bonds is 4. The third-order valence-electron chi connectivity index (χ3n) is 4.39. The van der Waals surface area contributed by atoms with Crippen molar-refractivity contribution >= 4 is 17.4 Å². The van der Waals surface area contributed by atoms with E-state index in [2.05, 4.69) is 10.6 Å². The number of hydrogen-bond acceptors (Lipinski definition) is 4. The minimum atomic E-state index is -0.419. The number of nitrogens with zero attached hydrogens (tertiary/aromatic N) is 1. The topological polar surface area (TPSA) is 79.6 Å². The molecule has 0 saturated heterocycles. The number of carbonyl (C=O) groups is 1. The third kappa shape index (κ3) is 3.74. The fourth-order valence-corrected chi connectivity index (χ4v) is 3.04. The van der Waals surface area contributed by atoms with E-state index in [9.17, 15) is 9.18 Å². The molecule has 3 aromatic carbocycles. The van der Waals surface area contributed by atoms with Crippen LogP contribution in [0, 0.1) is 5.82 Å². The van der Waals surface area contributed by atoms with Crippen molar-refractivity contribution in [3.8, 4) is 5.75 Å². The lowest BCUT2D eigenvalue weighted by Crippen LogP contribution is -2.32. The first-order valence-corrected chi connectivity index (χ1v) is 8.81. The minimum absolute atomic E-state index is 0.297. The molecule has 3 aromatic rings. The number of benzene rings is 3. The van der Waals surface area contributed by atoms with Crippen molar-refractivity contribution in [3.63, 3.8) is 0 Å². The van der Waals surface area contributed by atoms with Crippen LogP contribution in [-0.2, 0) is 6.54 Å². The second-order valence-corrected chi connectivity index (χ2v) is 6.39. The van der Waals surface area contributed by atoms with Crippen molar-refractivity contribution in [1.82, 2.24) is 5.32 Å². The molecule has 4 rings (SSSR count). The van der Waals surface area contributed by atoms with Crippen LogP contribution in [0.1, 0.15) is 17.3 Å². The van der Waals surface area contributed by atoms with Crippen LogP contribution in [0.15, 0.2) is 72.8 Å². The van der Waals surface area contributed by atoms with Gasteiger partial charge in [-0.25, -0.2) is 9.18 Å². The molecule has 1 atom stereocenters. The van der Waals surface area contributed by atoms with Gasteiger partial charge in [0.2, 0.25) is 0 Å². The molecular formula is C21H19FN4O2. The Morgan fingerprint density at radius 2 is 1.89 bits per heavy atom. The average Bonchev–Trinajstić information content (AvgIpc) is 3.04. The zero-order valence-corrected chi connectivity index (χ0v) is 14.9. The van der Waals surface area contributed by atoms with Crippen LogP contribution in [0.3, 0.4) is 0 Å². The second kappa shape index (κ2) is 7.58. The molecule has 0 fully saturated rings. The molecule has 0 aliphatic carbocycles. The van der Waals surface area contributed by atoms with Gasteiger partial charge in [-0.15, -0.1) is 0 Å². The molecule has 1 unspecified atom stereocenters. The summed E-state index contributed by atoms with van der Waals surface area (Å²) in [5.41, 5.74) is 9.25. The molecule has 0 saturated carbocycles. The van der Waals surface area contributed by atoms with E-state index in [0.29, 0.717) is 12.2 Å². The van der Waals surface area contributed by atoms with E-state index >= 15 is 0 Å². The molecule has 142 valence electrons. The molecular weight excluding hydrogens is 359 g/mol. The number of anilines is 2. The molecule has 1 aliphatic rings. The van der Waals surface area contributed by atoms with Crippen LogP contribution < -0.4 is 26.3 Å². The van der Waals surface area contributed by atoms with Crippen LogP contribution in [0.2, 0.25) is 0 Å². The van der Waals surface area contributed by atoms with Crippen molar-refractivity contribution < 1.29 is 14.0 Å². The number of nitrogens with one attached hydrogen (secondary N) is 2. The lowest BCUT2D eigenvalue weighted by atomic mass is 10.1. The Kier molecular flexibility index (Phi) is 4.82. The summed E-state index contributed by atoms with van der Waals surface area (Å²) in [6.45, 7) is 0.297. The second-order valence-electron chi connectivity index (χ2n) is 6.39. The maximum Gasteiger partial charge on any atom is 0.319 e. The third-order valence-corrected chi connectivity index (χ3v) is 4.39. The van der Waals surface area contributed by atoms with Gasteiger partial charge in [-0.05, 0) is 42.0 Å². The molecule has 2 amide bonds. The van der Waals surface area contributed by atoms with Crippen LogP contribution in [-0.4, -0.2) is 6.03 Å². The molecule has 0 radical (unpaired) electrons. The molecule has 1 aliphatic heterocycles. The normalized spacial score (nSPS) is 14.9. The Hall–Kier alpha value is -3.58. The van der Waals surface area contributed by atoms with Crippen molar-refractivity contribution in [2.75, 3.05) is 10.4 Å². The highest BCUT2D eigenvalue weighted by Gasteiger charge is 2.29. The zero-order chi connectivity index (χ0) is 19.5. The van der Waals surface area contributed by atoms with E-state index in [0.717, 1.165) is 22.6 Å². The van der Waals surface area contributed by atoms with Crippen LogP contribution in [0.4, 0.5) is 20.6 Å². The summed E-state index contributed by atoms with van der Waals surface area (Å²) in [7, 11) is 0. The van der Waals surface area contributed by atoms with Crippen molar-refractivity contribution in [1.29, 1.82) is 0 Å². The van der Waals surface area contributed by atoms with Gasteiger partial charge in [0.25, 0.3) is 0 Å². The molecule has 7 heteroatoms. The molecule has 0 bridgehead atoms. The van der Waals surface area contributed by atoms with Crippen molar-refractivity contribution in [3.05, 3.63) is 89.7 Å². The maximum atomic E-state index is 13.2. The quantitative estimate of drug-likeness (QED) is 0.643. The first-order valence-electron chi connectivity index (χ1n) is 8.81. The van der Waals surface area contributed by atoms with Gasteiger partial charge in [0, 0.05) is 17.8 Å². The predicted molar refractivity (Wildman–Crippen MR) is 105 cm³/mol. The Morgan fingerprint density at radius 1 is 1.07 bits per heavy atom. The van der Waals surface area contributed by atoms with E-state index in [1.807, 2.05) is 48.5 Å². The minimum Gasteiger partial charge on any atom is -0.377 e. The summed E-state index contributed by atoms with van der Waals surface area (Å²) in [6.07, 6.45) is -0.407. The number of hydrogen-bond donors (Lipinski definition) is 3. The SMILES string of the molecule is NC1c2ccccc2ON1c1cccc(CNC(=O)Nc2cccc(F)c2)c1. The van der Waals surface area contributed by atoms with Crippen LogP contribution in [0.25, 0.3) is 0 Å². The van der Waals surface area contributed by atoms with Gasteiger partial charge < -0.3 is 21.2 Å². The highest BCUT2D eigenvalue weighted by Crippen LogP contribution is 2.37. The number of carbonyl (C=O) groups excluding carboxylic acids is 1. The molecule has 1 heterocycles. The zero-order valence-electron chi connectivity index (χ0n) is 14.9. The van der Waals surface area contributed by atoms with E-state index in [4.69, 9.17) is 10.6 Å². The van der Waals surface area contributed by atoms with Gasteiger partial charge in [-0.3, -0.25) is 0 Å². The average molecular weight is 378 g/mol. The Morgan fingerprint density at radius 3 is 2.71 bits per heavy atom. The van der Waals surface area contributed by atoms with Gasteiger partial charge >= 0.3 is 6.03 Å². The first kappa shape index (κ1) is 17.8. The number of urea groups is 1.